The molecule has 6 heteroatoms. The summed E-state index contributed by atoms with van der Waals surface area (Å²) in [4.78, 5) is 9.83. The minimum Gasteiger partial charge on any atom is -0.497 e. The first-order chi connectivity index (χ1) is 10.7. The first-order valence-corrected chi connectivity index (χ1v) is 8.01. The Balaban J connectivity index is 1.74. The number of hydrogen-bond donors (Lipinski definition) is 2. The second-order valence-corrected chi connectivity index (χ2v) is 6.13. The van der Waals surface area contributed by atoms with Crippen LogP contribution in [-0.2, 0) is 13.0 Å². The lowest BCUT2D eigenvalue weighted by molar-refractivity contribution is 0.414. The van der Waals surface area contributed by atoms with Gasteiger partial charge in [0.25, 0.3) is 0 Å². The molecular formula is C16H22N4OS. The van der Waals surface area contributed by atoms with E-state index in [-0.39, 0.29) is 0 Å². The highest BCUT2D eigenvalue weighted by molar-refractivity contribution is 7.11. The number of aromatic nitrogens is 1. The molecule has 0 bridgehead atoms. The van der Waals surface area contributed by atoms with E-state index >= 15 is 0 Å². The van der Waals surface area contributed by atoms with Gasteiger partial charge in [-0.1, -0.05) is 12.1 Å². The van der Waals surface area contributed by atoms with Gasteiger partial charge in [-0.3, -0.25) is 4.99 Å². The lowest BCUT2D eigenvalue weighted by Crippen LogP contribution is -2.37. The number of benzene rings is 1. The van der Waals surface area contributed by atoms with Crippen molar-refractivity contribution in [2.75, 3.05) is 20.7 Å². The van der Waals surface area contributed by atoms with Gasteiger partial charge in [0.1, 0.15) is 5.75 Å². The van der Waals surface area contributed by atoms with Crippen LogP contribution in [0.15, 0.2) is 35.5 Å². The fourth-order valence-electron chi connectivity index (χ4n) is 1.95. The number of hydrogen-bond acceptors (Lipinski definition) is 4. The van der Waals surface area contributed by atoms with Gasteiger partial charge >= 0.3 is 0 Å². The second-order valence-electron chi connectivity index (χ2n) is 4.82. The van der Waals surface area contributed by atoms with Crippen molar-refractivity contribution < 1.29 is 4.74 Å². The van der Waals surface area contributed by atoms with Crippen LogP contribution in [0.5, 0.6) is 5.75 Å². The average molecular weight is 318 g/mol. The molecule has 1 aromatic heterocycles. The molecule has 0 radical (unpaired) electrons. The summed E-state index contributed by atoms with van der Waals surface area (Å²) in [6.45, 7) is 3.61. The average Bonchev–Trinajstić information content (AvgIpc) is 2.96. The molecule has 0 aliphatic heterocycles. The Bertz CT molecular complexity index is 607. The van der Waals surface area contributed by atoms with Crippen LogP contribution in [0.4, 0.5) is 0 Å². The van der Waals surface area contributed by atoms with Gasteiger partial charge in [-0.05, 0) is 24.6 Å². The van der Waals surface area contributed by atoms with Crippen molar-refractivity contribution in [3.63, 3.8) is 0 Å². The molecular weight excluding hydrogens is 296 g/mol. The third-order valence-electron chi connectivity index (χ3n) is 3.14. The molecule has 0 amide bonds. The summed E-state index contributed by atoms with van der Waals surface area (Å²) in [5, 5.41) is 7.75. The number of rotatable bonds is 6. The number of thiazole rings is 1. The lowest BCUT2D eigenvalue weighted by atomic mass is 10.2. The Kier molecular flexibility index (Phi) is 6.21. The van der Waals surface area contributed by atoms with Crippen molar-refractivity contribution in [3.8, 4) is 5.75 Å². The second kappa shape index (κ2) is 8.38. The molecule has 2 aromatic rings. The van der Waals surface area contributed by atoms with Crippen LogP contribution in [0.1, 0.15) is 15.4 Å². The maximum absolute atomic E-state index is 5.15. The normalized spacial score (nSPS) is 11.3. The summed E-state index contributed by atoms with van der Waals surface area (Å²) >= 11 is 1.74. The minimum absolute atomic E-state index is 0.722. The molecule has 118 valence electrons. The fourth-order valence-corrected chi connectivity index (χ4v) is 2.74. The van der Waals surface area contributed by atoms with E-state index < -0.39 is 0 Å². The quantitative estimate of drug-likeness (QED) is 0.634. The topological polar surface area (TPSA) is 58.5 Å². The highest BCUT2D eigenvalue weighted by Crippen LogP contribution is 2.11. The fraction of sp³-hybridized carbons (Fsp3) is 0.375. The zero-order valence-electron chi connectivity index (χ0n) is 13.2. The first kappa shape index (κ1) is 16.3. The van der Waals surface area contributed by atoms with Crippen molar-refractivity contribution in [2.24, 2.45) is 4.99 Å². The van der Waals surface area contributed by atoms with E-state index in [1.165, 1.54) is 10.4 Å². The summed E-state index contributed by atoms with van der Waals surface area (Å²) in [6.07, 6.45) is 2.82. The van der Waals surface area contributed by atoms with Gasteiger partial charge in [-0.25, -0.2) is 4.98 Å². The monoisotopic (exact) mass is 318 g/mol. The lowest BCUT2D eigenvalue weighted by Gasteiger charge is -2.11. The van der Waals surface area contributed by atoms with Crippen molar-refractivity contribution in [1.29, 1.82) is 0 Å². The van der Waals surface area contributed by atoms with Crippen LogP contribution in [0.25, 0.3) is 0 Å². The smallest absolute Gasteiger partial charge is 0.191 e. The van der Waals surface area contributed by atoms with E-state index in [1.807, 2.05) is 30.5 Å². The number of aliphatic imine (C=N–C) groups is 1. The molecule has 0 fully saturated rings. The largest absolute Gasteiger partial charge is 0.497 e. The van der Waals surface area contributed by atoms with Gasteiger partial charge in [0.15, 0.2) is 5.96 Å². The predicted octanol–water partition coefficient (Wildman–Crippen LogP) is 2.37. The molecule has 1 aromatic carbocycles. The standard InChI is InChI=1S/C16H22N4OS/c1-12-10-19-15(22-12)8-9-18-16(17-2)20-11-13-4-6-14(21-3)7-5-13/h4-7,10H,8-9,11H2,1-3H3,(H2,17,18,20). The van der Waals surface area contributed by atoms with Gasteiger partial charge < -0.3 is 15.4 Å². The van der Waals surface area contributed by atoms with Gasteiger partial charge in [0.05, 0.1) is 12.1 Å². The summed E-state index contributed by atoms with van der Waals surface area (Å²) in [5.74, 6) is 1.66. The molecule has 0 aliphatic carbocycles. The highest BCUT2D eigenvalue weighted by Gasteiger charge is 2.01. The molecule has 2 N–H and O–H groups in total. The van der Waals surface area contributed by atoms with Crippen LogP contribution in [-0.4, -0.2) is 31.6 Å². The molecule has 0 atom stereocenters. The maximum atomic E-state index is 5.15. The Morgan fingerprint density at radius 2 is 2.05 bits per heavy atom. The molecule has 0 unspecified atom stereocenters. The van der Waals surface area contributed by atoms with E-state index in [0.717, 1.165) is 36.2 Å². The highest BCUT2D eigenvalue weighted by atomic mass is 32.1. The Hall–Kier alpha value is -2.08. The molecule has 2 rings (SSSR count). The molecule has 22 heavy (non-hydrogen) atoms. The zero-order valence-corrected chi connectivity index (χ0v) is 14.0. The third-order valence-corrected chi connectivity index (χ3v) is 4.12. The van der Waals surface area contributed by atoms with Crippen molar-refractivity contribution in [1.82, 2.24) is 15.6 Å². The number of aryl methyl sites for hydroxylation is 1. The molecule has 0 spiro atoms. The SMILES string of the molecule is CN=C(NCCc1ncc(C)s1)NCc1ccc(OC)cc1. The molecule has 0 saturated carbocycles. The van der Waals surface area contributed by atoms with Crippen LogP contribution < -0.4 is 15.4 Å². The predicted molar refractivity (Wildman–Crippen MR) is 91.8 cm³/mol. The maximum Gasteiger partial charge on any atom is 0.191 e. The number of guanidine groups is 1. The Morgan fingerprint density at radius 3 is 2.64 bits per heavy atom. The van der Waals surface area contributed by atoms with Crippen LogP contribution in [0.2, 0.25) is 0 Å². The number of nitrogens with one attached hydrogen (secondary N) is 2. The molecule has 1 heterocycles. The summed E-state index contributed by atoms with van der Waals surface area (Å²) in [7, 11) is 3.44. The van der Waals surface area contributed by atoms with Gasteiger partial charge in [0, 0.05) is 37.6 Å². The van der Waals surface area contributed by atoms with Crippen LogP contribution in [0.3, 0.4) is 0 Å². The van der Waals surface area contributed by atoms with Crippen molar-refractivity contribution >= 4 is 17.3 Å². The minimum atomic E-state index is 0.722. The van der Waals surface area contributed by atoms with E-state index in [1.54, 1.807) is 25.5 Å². The van der Waals surface area contributed by atoms with Crippen LogP contribution >= 0.6 is 11.3 Å². The summed E-state index contributed by atoms with van der Waals surface area (Å²) in [6, 6.07) is 7.99. The molecule has 0 aliphatic rings. The number of ether oxygens (including phenoxy) is 1. The van der Waals surface area contributed by atoms with Crippen molar-refractivity contribution in [2.45, 2.75) is 19.9 Å². The zero-order chi connectivity index (χ0) is 15.8. The third kappa shape index (κ3) is 5.04. The molecule has 5 nitrogen and oxygen atoms in total. The van der Waals surface area contributed by atoms with E-state index in [0.29, 0.717) is 0 Å². The molecule has 0 saturated heterocycles. The van der Waals surface area contributed by atoms with Crippen LogP contribution in [0, 0.1) is 6.92 Å². The summed E-state index contributed by atoms with van der Waals surface area (Å²) in [5.41, 5.74) is 1.18. The van der Waals surface area contributed by atoms with E-state index in [9.17, 15) is 0 Å². The Labute approximate surface area is 135 Å². The summed E-state index contributed by atoms with van der Waals surface area (Å²) < 4.78 is 5.15. The van der Waals surface area contributed by atoms with Gasteiger partial charge in [0.2, 0.25) is 0 Å². The Morgan fingerprint density at radius 1 is 1.27 bits per heavy atom. The first-order valence-electron chi connectivity index (χ1n) is 7.20. The van der Waals surface area contributed by atoms with Gasteiger partial charge in [-0.2, -0.15) is 0 Å². The number of methoxy groups -OCH3 is 1. The van der Waals surface area contributed by atoms with E-state index in [4.69, 9.17) is 4.74 Å². The van der Waals surface area contributed by atoms with Crippen molar-refractivity contribution in [3.05, 3.63) is 45.9 Å². The van der Waals surface area contributed by atoms with E-state index in [2.05, 4.69) is 27.5 Å². The number of nitrogens with zero attached hydrogens (tertiary/aromatic N) is 2. The van der Waals surface area contributed by atoms with Gasteiger partial charge in [-0.15, -0.1) is 11.3 Å².